The lowest BCUT2D eigenvalue weighted by Crippen LogP contribution is -2.41. The predicted octanol–water partition coefficient (Wildman–Crippen LogP) is 1.71. The number of nitrogens with zero attached hydrogens (tertiary/aromatic N) is 2. The van der Waals surface area contributed by atoms with Crippen molar-refractivity contribution in [1.29, 1.82) is 0 Å². The Bertz CT molecular complexity index is 194. The monoisotopic (exact) mass is 180 g/mol. The van der Waals surface area contributed by atoms with E-state index in [-0.39, 0.29) is 0 Å². The average Bonchev–Trinajstić information content (AvgIpc) is 2.08. The number of piperazine rings is 1. The molecule has 1 saturated heterocycles. The molecule has 1 aliphatic rings. The third-order valence-electron chi connectivity index (χ3n) is 2.26. The minimum atomic E-state index is 1.16. The first kappa shape index (κ1) is 10.3. The molecule has 0 radical (unpaired) electrons. The van der Waals surface area contributed by atoms with Crippen LogP contribution in [0.3, 0.4) is 0 Å². The first-order chi connectivity index (χ1) is 6.18. The van der Waals surface area contributed by atoms with Crippen LogP contribution in [0.2, 0.25) is 0 Å². The van der Waals surface area contributed by atoms with Gasteiger partial charge in [-0.25, -0.2) is 0 Å². The Morgan fingerprint density at radius 3 is 2.23 bits per heavy atom. The number of hydrogen-bond acceptors (Lipinski definition) is 2. The van der Waals surface area contributed by atoms with E-state index in [2.05, 4.69) is 49.0 Å². The number of allylic oxidation sites excluding steroid dienone is 3. The van der Waals surface area contributed by atoms with Gasteiger partial charge in [-0.15, -0.1) is 0 Å². The summed E-state index contributed by atoms with van der Waals surface area (Å²) in [6.07, 6.45) is 6.49. The Labute approximate surface area is 81.5 Å². The van der Waals surface area contributed by atoms with E-state index < -0.39 is 0 Å². The van der Waals surface area contributed by atoms with E-state index in [9.17, 15) is 0 Å². The molecule has 0 spiro atoms. The molecule has 0 aromatic heterocycles. The Morgan fingerprint density at radius 2 is 1.69 bits per heavy atom. The van der Waals surface area contributed by atoms with Crippen LogP contribution < -0.4 is 0 Å². The molecule has 0 bridgehead atoms. The third kappa shape index (κ3) is 4.13. The first-order valence-electron chi connectivity index (χ1n) is 4.93. The third-order valence-corrected chi connectivity index (χ3v) is 2.26. The van der Waals surface area contributed by atoms with Gasteiger partial charge >= 0.3 is 0 Å². The maximum atomic E-state index is 2.37. The lowest BCUT2D eigenvalue weighted by molar-refractivity contribution is 0.198. The van der Waals surface area contributed by atoms with Crippen LogP contribution in [-0.4, -0.2) is 43.0 Å². The van der Waals surface area contributed by atoms with Crippen molar-refractivity contribution in [2.24, 2.45) is 0 Å². The molecule has 13 heavy (non-hydrogen) atoms. The van der Waals surface area contributed by atoms with Gasteiger partial charge < -0.3 is 9.80 Å². The molecule has 0 N–H and O–H groups in total. The molecule has 0 aromatic rings. The highest BCUT2D eigenvalue weighted by atomic mass is 15.2. The fourth-order valence-electron chi connectivity index (χ4n) is 1.33. The summed E-state index contributed by atoms with van der Waals surface area (Å²) >= 11 is 0. The summed E-state index contributed by atoms with van der Waals surface area (Å²) in [5.74, 6) is 0. The SMILES string of the molecule is CC(C)=C/C=C/N1CCN(C)CC1. The van der Waals surface area contributed by atoms with Crippen LogP contribution >= 0.6 is 0 Å². The van der Waals surface area contributed by atoms with Gasteiger partial charge in [-0.2, -0.15) is 0 Å². The van der Waals surface area contributed by atoms with Gasteiger partial charge in [0.25, 0.3) is 0 Å². The van der Waals surface area contributed by atoms with Gasteiger partial charge in [0.05, 0.1) is 0 Å². The second-order valence-electron chi connectivity index (χ2n) is 3.92. The molecule has 1 rings (SSSR count). The van der Waals surface area contributed by atoms with Gasteiger partial charge in [-0.1, -0.05) is 11.6 Å². The Hall–Kier alpha value is -0.760. The minimum absolute atomic E-state index is 1.16. The van der Waals surface area contributed by atoms with E-state index in [0.29, 0.717) is 0 Å². The maximum absolute atomic E-state index is 2.37. The second kappa shape index (κ2) is 5.07. The van der Waals surface area contributed by atoms with E-state index in [1.165, 1.54) is 18.7 Å². The average molecular weight is 180 g/mol. The number of rotatable bonds is 2. The van der Waals surface area contributed by atoms with E-state index in [4.69, 9.17) is 0 Å². The zero-order chi connectivity index (χ0) is 9.68. The fourth-order valence-corrected chi connectivity index (χ4v) is 1.33. The van der Waals surface area contributed by atoms with Crippen molar-refractivity contribution in [3.8, 4) is 0 Å². The molecule has 0 aromatic carbocycles. The fraction of sp³-hybridized carbons (Fsp3) is 0.636. The van der Waals surface area contributed by atoms with Gasteiger partial charge in [0.2, 0.25) is 0 Å². The van der Waals surface area contributed by atoms with Crippen molar-refractivity contribution in [2.45, 2.75) is 13.8 Å². The molecule has 0 unspecified atom stereocenters. The van der Waals surface area contributed by atoms with Crippen molar-refractivity contribution in [3.05, 3.63) is 23.9 Å². The van der Waals surface area contributed by atoms with Gasteiger partial charge in [-0.3, -0.25) is 0 Å². The highest BCUT2D eigenvalue weighted by Crippen LogP contribution is 2.00. The van der Waals surface area contributed by atoms with Crippen molar-refractivity contribution < 1.29 is 0 Å². The quantitative estimate of drug-likeness (QED) is 0.597. The van der Waals surface area contributed by atoms with Gasteiger partial charge in [0.15, 0.2) is 0 Å². The van der Waals surface area contributed by atoms with Crippen LogP contribution in [-0.2, 0) is 0 Å². The molecular formula is C11H20N2. The van der Waals surface area contributed by atoms with Crippen molar-refractivity contribution >= 4 is 0 Å². The van der Waals surface area contributed by atoms with Crippen LogP contribution in [0, 0.1) is 0 Å². The second-order valence-corrected chi connectivity index (χ2v) is 3.92. The van der Waals surface area contributed by atoms with Crippen molar-refractivity contribution in [3.63, 3.8) is 0 Å². The summed E-state index contributed by atoms with van der Waals surface area (Å²) in [4.78, 5) is 4.74. The lowest BCUT2D eigenvalue weighted by Gasteiger charge is -2.31. The molecule has 1 aliphatic heterocycles. The van der Waals surface area contributed by atoms with Crippen LogP contribution in [0.25, 0.3) is 0 Å². The molecule has 74 valence electrons. The topological polar surface area (TPSA) is 6.48 Å². The van der Waals surface area contributed by atoms with Gasteiger partial charge in [0.1, 0.15) is 0 Å². The van der Waals surface area contributed by atoms with Crippen molar-refractivity contribution in [2.75, 3.05) is 33.2 Å². The first-order valence-corrected chi connectivity index (χ1v) is 4.93. The van der Waals surface area contributed by atoms with Crippen molar-refractivity contribution in [1.82, 2.24) is 9.80 Å². The van der Waals surface area contributed by atoms with E-state index in [0.717, 1.165) is 13.1 Å². The van der Waals surface area contributed by atoms with Crippen LogP contribution in [0.5, 0.6) is 0 Å². The summed E-state index contributed by atoms with van der Waals surface area (Å²) in [7, 11) is 2.18. The van der Waals surface area contributed by atoms with Crippen LogP contribution in [0.4, 0.5) is 0 Å². The lowest BCUT2D eigenvalue weighted by atomic mass is 10.3. The predicted molar refractivity (Wildman–Crippen MR) is 57.6 cm³/mol. The Balaban J connectivity index is 2.30. The van der Waals surface area contributed by atoms with E-state index >= 15 is 0 Å². The molecule has 0 atom stereocenters. The standard InChI is InChI=1S/C11H20N2/c1-11(2)5-4-6-13-9-7-12(3)8-10-13/h4-6H,7-10H2,1-3H3/b6-4+. The summed E-state index contributed by atoms with van der Waals surface area (Å²) in [6, 6.07) is 0. The van der Waals surface area contributed by atoms with Gasteiger partial charge in [-0.05, 0) is 33.2 Å². The molecule has 0 amide bonds. The highest BCUT2D eigenvalue weighted by Gasteiger charge is 2.08. The zero-order valence-corrected chi connectivity index (χ0v) is 8.95. The summed E-state index contributed by atoms with van der Waals surface area (Å²) in [5.41, 5.74) is 1.35. The zero-order valence-electron chi connectivity index (χ0n) is 8.95. The summed E-state index contributed by atoms with van der Waals surface area (Å²) < 4.78 is 0. The highest BCUT2D eigenvalue weighted by molar-refractivity contribution is 5.08. The largest absolute Gasteiger partial charge is 0.375 e. The molecule has 1 fully saturated rings. The van der Waals surface area contributed by atoms with Crippen LogP contribution in [0.1, 0.15) is 13.8 Å². The molecule has 2 heteroatoms. The summed E-state index contributed by atoms with van der Waals surface area (Å²) in [6.45, 7) is 8.91. The van der Waals surface area contributed by atoms with Gasteiger partial charge in [0, 0.05) is 26.2 Å². The van der Waals surface area contributed by atoms with E-state index in [1.807, 2.05) is 0 Å². The smallest absolute Gasteiger partial charge is 0.0300 e. The Morgan fingerprint density at radius 1 is 1.08 bits per heavy atom. The number of likely N-dealkylation sites (N-methyl/N-ethyl adjacent to an activating group) is 1. The number of hydrogen-bond donors (Lipinski definition) is 0. The van der Waals surface area contributed by atoms with Crippen LogP contribution in [0.15, 0.2) is 23.9 Å². The minimum Gasteiger partial charge on any atom is -0.375 e. The maximum Gasteiger partial charge on any atom is 0.0300 e. The molecule has 1 heterocycles. The Kier molecular flexibility index (Phi) is 4.03. The molecule has 2 nitrogen and oxygen atoms in total. The molecular weight excluding hydrogens is 160 g/mol. The molecule has 0 saturated carbocycles. The summed E-state index contributed by atoms with van der Waals surface area (Å²) in [5, 5.41) is 0. The molecule has 0 aliphatic carbocycles. The van der Waals surface area contributed by atoms with E-state index in [1.54, 1.807) is 0 Å². The normalized spacial score (nSPS) is 19.5.